The van der Waals surface area contributed by atoms with E-state index in [0.717, 1.165) is 9.02 Å². The zero-order valence-corrected chi connectivity index (χ0v) is 10.2. The second-order valence-corrected chi connectivity index (χ2v) is 10.1. The molecule has 9 heavy (non-hydrogen) atoms. The molecule has 0 fully saturated rings. The van der Waals surface area contributed by atoms with E-state index in [1.165, 1.54) is 12.8 Å². The Hall–Kier alpha value is 0.623. The van der Waals surface area contributed by atoms with E-state index in [1.807, 2.05) is 0 Å². The van der Waals surface area contributed by atoms with E-state index in [4.69, 9.17) is 0 Å². The first-order valence-electron chi connectivity index (χ1n) is 4.20. The molecule has 52 valence electrons. The third kappa shape index (κ3) is 5.09. The first-order valence-corrected chi connectivity index (χ1v) is 7.63. The fourth-order valence-electron chi connectivity index (χ4n) is 1.02. The molecule has 0 bridgehead atoms. The normalized spacial score (nSPS) is 16.4. The minimum absolute atomic E-state index is 0.142. The topological polar surface area (TPSA) is 0 Å². The molecule has 1 heteroatoms. The Labute approximate surface area is 67.0 Å². The van der Waals surface area contributed by atoms with E-state index in [0.29, 0.717) is 0 Å². The maximum atomic E-state index is 2.42. The summed E-state index contributed by atoms with van der Waals surface area (Å²) in [5, 5.41) is 0. The van der Waals surface area contributed by atoms with Crippen molar-refractivity contribution in [2.24, 2.45) is 0 Å². The van der Waals surface area contributed by atoms with Crippen LogP contribution in [0.3, 0.4) is 0 Å². The summed E-state index contributed by atoms with van der Waals surface area (Å²) in [6.07, 6.45) is 2.84. The molecule has 0 radical (unpaired) electrons. The zero-order valence-electron chi connectivity index (χ0n) is 7.28. The van der Waals surface area contributed by atoms with Crippen LogP contribution in [0.15, 0.2) is 0 Å². The molecule has 0 N–H and O–H groups in total. The van der Waals surface area contributed by atoms with Crippen LogP contribution >= 0.6 is 0 Å². The van der Waals surface area contributed by atoms with Crippen LogP contribution in [0.25, 0.3) is 0 Å². The Balaban J connectivity index is 3.22. The van der Waals surface area contributed by atoms with Gasteiger partial charge in [0.05, 0.1) is 0 Å². The van der Waals surface area contributed by atoms with Crippen molar-refractivity contribution in [1.29, 1.82) is 0 Å². The molecule has 0 heterocycles. The monoisotopic (exact) mass is 178 g/mol. The van der Waals surface area contributed by atoms with E-state index < -0.39 is 0 Å². The zero-order chi connectivity index (χ0) is 7.28. The average molecular weight is 180 g/mol. The molecule has 0 aliphatic heterocycles. The van der Waals surface area contributed by atoms with Gasteiger partial charge in [-0.2, -0.15) is 0 Å². The molecular formula is C8H18Zn. The van der Waals surface area contributed by atoms with Crippen LogP contribution in [0.1, 0.15) is 40.5 Å². The first kappa shape index (κ1) is 9.62. The summed E-state index contributed by atoms with van der Waals surface area (Å²) >= 11 is -0.142. The van der Waals surface area contributed by atoms with Crippen molar-refractivity contribution in [3.05, 3.63) is 0 Å². The van der Waals surface area contributed by atoms with Crippen LogP contribution in [0.2, 0.25) is 9.02 Å². The van der Waals surface area contributed by atoms with Gasteiger partial charge in [0.2, 0.25) is 0 Å². The molecule has 0 amide bonds. The summed E-state index contributed by atoms with van der Waals surface area (Å²) in [6, 6.07) is 0. The van der Waals surface area contributed by atoms with Crippen LogP contribution in [0.4, 0.5) is 0 Å². The van der Waals surface area contributed by atoms with E-state index >= 15 is 0 Å². The molecule has 2 atom stereocenters. The van der Waals surface area contributed by atoms with Crippen molar-refractivity contribution < 1.29 is 17.1 Å². The van der Waals surface area contributed by atoms with Crippen molar-refractivity contribution in [3.63, 3.8) is 0 Å². The average Bonchev–Trinajstić information content (AvgIpc) is 1.87. The van der Waals surface area contributed by atoms with Crippen LogP contribution < -0.4 is 0 Å². The molecule has 0 saturated heterocycles. The first-order chi connectivity index (χ1) is 4.20. The number of hydrogen-bond donors (Lipinski definition) is 0. The molecule has 0 aromatic heterocycles. The predicted molar refractivity (Wildman–Crippen MR) is 39.4 cm³/mol. The number of hydrogen-bond acceptors (Lipinski definition) is 0. The molecule has 0 aliphatic carbocycles. The van der Waals surface area contributed by atoms with Crippen molar-refractivity contribution in [2.75, 3.05) is 0 Å². The van der Waals surface area contributed by atoms with Crippen LogP contribution in [-0.2, 0) is 17.1 Å². The van der Waals surface area contributed by atoms with E-state index in [1.54, 1.807) is 0 Å². The summed E-state index contributed by atoms with van der Waals surface area (Å²) < 4.78 is 2.24. The molecule has 0 saturated carbocycles. The molecule has 0 aromatic carbocycles. The van der Waals surface area contributed by atoms with E-state index in [2.05, 4.69) is 27.7 Å². The van der Waals surface area contributed by atoms with Gasteiger partial charge in [0.1, 0.15) is 0 Å². The van der Waals surface area contributed by atoms with Gasteiger partial charge >= 0.3 is 66.7 Å². The summed E-state index contributed by atoms with van der Waals surface area (Å²) in [7, 11) is 0. The van der Waals surface area contributed by atoms with Crippen LogP contribution in [-0.4, -0.2) is 0 Å². The minimum atomic E-state index is -0.142. The third-order valence-corrected chi connectivity index (χ3v) is 8.00. The Morgan fingerprint density at radius 2 is 1.33 bits per heavy atom. The quantitative estimate of drug-likeness (QED) is 0.580. The summed E-state index contributed by atoms with van der Waals surface area (Å²) in [6.45, 7) is 9.48. The Kier molecular flexibility index (Phi) is 5.79. The van der Waals surface area contributed by atoms with E-state index in [9.17, 15) is 0 Å². The number of rotatable bonds is 4. The van der Waals surface area contributed by atoms with E-state index in [-0.39, 0.29) is 17.1 Å². The molecule has 0 aromatic rings. The van der Waals surface area contributed by atoms with Gasteiger partial charge in [-0.05, 0) is 0 Å². The van der Waals surface area contributed by atoms with Gasteiger partial charge in [-0.1, -0.05) is 0 Å². The van der Waals surface area contributed by atoms with Crippen molar-refractivity contribution in [3.8, 4) is 0 Å². The van der Waals surface area contributed by atoms with Gasteiger partial charge in [0, 0.05) is 0 Å². The molecule has 2 unspecified atom stereocenters. The third-order valence-electron chi connectivity index (χ3n) is 2.20. The molecule has 0 nitrogen and oxygen atoms in total. The molecule has 0 spiro atoms. The fraction of sp³-hybridized carbons (Fsp3) is 1.00. The van der Waals surface area contributed by atoms with Crippen LogP contribution in [0.5, 0.6) is 0 Å². The van der Waals surface area contributed by atoms with Gasteiger partial charge in [0.25, 0.3) is 0 Å². The summed E-state index contributed by atoms with van der Waals surface area (Å²) in [5.41, 5.74) is 0. The van der Waals surface area contributed by atoms with Crippen molar-refractivity contribution in [2.45, 2.75) is 49.6 Å². The van der Waals surface area contributed by atoms with Gasteiger partial charge in [-0.3, -0.25) is 0 Å². The van der Waals surface area contributed by atoms with Gasteiger partial charge in [0.15, 0.2) is 0 Å². The van der Waals surface area contributed by atoms with Gasteiger partial charge in [-0.25, -0.2) is 0 Å². The summed E-state index contributed by atoms with van der Waals surface area (Å²) in [5.74, 6) is 0. The van der Waals surface area contributed by atoms with Crippen molar-refractivity contribution >= 4 is 0 Å². The van der Waals surface area contributed by atoms with Gasteiger partial charge < -0.3 is 0 Å². The predicted octanol–water partition coefficient (Wildman–Crippen LogP) is 3.51. The molecular weight excluding hydrogens is 161 g/mol. The van der Waals surface area contributed by atoms with Crippen LogP contribution in [0, 0.1) is 0 Å². The second kappa shape index (κ2) is 5.41. The van der Waals surface area contributed by atoms with Gasteiger partial charge in [-0.15, -0.1) is 0 Å². The molecule has 0 aliphatic rings. The SMILES string of the molecule is CC[CH](C)[Zn][CH](C)CC. The standard InChI is InChI=1S/2C4H9.Zn/c2*1-3-4-2;/h2*3H,4H2,1-2H3;. The Bertz CT molecular complexity index is 53.6. The maximum absolute atomic E-state index is 2.42. The Morgan fingerprint density at radius 1 is 1.00 bits per heavy atom. The fourth-order valence-corrected chi connectivity index (χ4v) is 5.30. The second-order valence-electron chi connectivity index (χ2n) is 3.26. The molecule has 0 rings (SSSR count). The van der Waals surface area contributed by atoms with Crippen molar-refractivity contribution in [1.82, 2.24) is 0 Å². The Morgan fingerprint density at radius 3 is 1.56 bits per heavy atom. The summed E-state index contributed by atoms with van der Waals surface area (Å²) in [4.78, 5) is 0.